The molecule has 0 amide bonds. The van der Waals surface area contributed by atoms with Crippen molar-refractivity contribution in [3.05, 3.63) is 170 Å². The highest BCUT2D eigenvalue weighted by atomic mass is 16.3. The molecular weight excluding hydrogens is 572 g/mol. The largest absolute Gasteiger partial charge is 0.439 e. The molecule has 10 aromatic rings. The Morgan fingerprint density at radius 3 is 1.45 bits per heavy atom. The van der Waals surface area contributed by atoms with E-state index in [2.05, 4.69) is 179 Å². The number of furan rings is 1. The molecule has 0 aliphatic rings. The van der Waals surface area contributed by atoms with Crippen LogP contribution in [0.2, 0.25) is 0 Å². The van der Waals surface area contributed by atoms with E-state index in [0.29, 0.717) is 0 Å². The van der Waals surface area contributed by atoms with Crippen molar-refractivity contribution in [1.82, 2.24) is 9.13 Å². The Morgan fingerprint density at radius 2 is 0.830 bits per heavy atom. The second kappa shape index (κ2) is 10.1. The zero-order chi connectivity index (χ0) is 30.9. The molecule has 3 heteroatoms. The van der Waals surface area contributed by atoms with E-state index < -0.39 is 0 Å². The zero-order valence-electron chi connectivity index (χ0n) is 25.5. The smallest absolute Gasteiger partial charge is 0.213 e. The molecule has 3 aromatic heterocycles. The van der Waals surface area contributed by atoms with Crippen LogP contribution in [0.1, 0.15) is 0 Å². The second-order valence-corrected chi connectivity index (χ2v) is 12.2. The van der Waals surface area contributed by atoms with Crippen molar-refractivity contribution in [1.29, 1.82) is 0 Å². The van der Waals surface area contributed by atoms with Crippen LogP contribution in [0.3, 0.4) is 0 Å². The van der Waals surface area contributed by atoms with Crippen molar-refractivity contribution in [2.45, 2.75) is 0 Å². The molecule has 7 aromatic carbocycles. The van der Waals surface area contributed by atoms with Gasteiger partial charge in [0.25, 0.3) is 0 Å². The lowest BCUT2D eigenvalue weighted by Gasteiger charge is -2.11. The van der Waals surface area contributed by atoms with Crippen LogP contribution in [0.15, 0.2) is 174 Å². The molecule has 3 heterocycles. The summed E-state index contributed by atoms with van der Waals surface area (Å²) in [5.41, 5.74) is 12.2. The van der Waals surface area contributed by atoms with Crippen molar-refractivity contribution in [2.24, 2.45) is 0 Å². The maximum Gasteiger partial charge on any atom is 0.213 e. The van der Waals surface area contributed by atoms with Gasteiger partial charge in [0.05, 0.1) is 21.9 Å². The van der Waals surface area contributed by atoms with Crippen molar-refractivity contribution >= 4 is 54.8 Å². The fourth-order valence-electron chi connectivity index (χ4n) is 7.37. The van der Waals surface area contributed by atoms with Gasteiger partial charge in [-0.25, -0.2) is 0 Å². The molecule has 0 bridgehead atoms. The number of nitrogens with zero attached hydrogens (tertiary/aromatic N) is 2. The van der Waals surface area contributed by atoms with Crippen LogP contribution in [0.4, 0.5) is 0 Å². The fraction of sp³-hybridized carbons (Fsp3) is 0. The van der Waals surface area contributed by atoms with E-state index >= 15 is 0 Å². The van der Waals surface area contributed by atoms with Crippen LogP contribution in [0.5, 0.6) is 0 Å². The lowest BCUT2D eigenvalue weighted by molar-refractivity contribution is 0.645. The van der Waals surface area contributed by atoms with Gasteiger partial charge in [-0.05, 0) is 82.9 Å². The molecule has 47 heavy (non-hydrogen) atoms. The summed E-state index contributed by atoms with van der Waals surface area (Å²) >= 11 is 0. The zero-order valence-corrected chi connectivity index (χ0v) is 25.5. The molecule has 0 aliphatic heterocycles. The van der Waals surface area contributed by atoms with Crippen LogP contribution >= 0.6 is 0 Å². The molecular formula is C44H28N2O. The maximum absolute atomic E-state index is 6.73. The van der Waals surface area contributed by atoms with Crippen molar-refractivity contribution < 1.29 is 4.42 Å². The Labute approximate surface area is 271 Å². The molecule has 3 nitrogen and oxygen atoms in total. The van der Waals surface area contributed by atoms with E-state index in [9.17, 15) is 0 Å². The highest BCUT2D eigenvalue weighted by molar-refractivity contribution is 6.21. The minimum atomic E-state index is 0.857. The van der Waals surface area contributed by atoms with Gasteiger partial charge in [-0.15, -0.1) is 0 Å². The first-order valence-corrected chi connectivity index (χ1v) is 16.0. The Kier molecular flexibility index (Phi) is 5.57. The Bertz CT molecular complexity index is 2710. The molecule has 0 N–H and O–H groups in total. The van der Waals surface area contributed by atoms with Gasteiger partial charge in [-0.3, -0.25) is 4.57 Å². The summed E-state index contributed by atoms with van der Waals surface area (Å²) in [7, 11) is 0. The Morgan fingerprint density at radius 1 is 0.340 bits per heavy atom. The monoisotopic (exact) mass is 600 g/mol. The molecule has 220 valence electrons. The van der Waals surface area contributed by atoms with Crippen LogP contribution in [0.25, 0.3) is 88.4 Å². The normalized spacial score (nSPS) is 11.8. The van der Waals surface area contributed by atoms with Gasteiger partial charge in [0, 0.05) is 32.9 Å². The average Bonchev–Trinajstić information content (AvgIpc) is 3.79. The van der Waals surface area contributed by atoms with E-state index in [1.807, 2.05) is 0 Å². The molecule has 0 unspecified atom stereocenters. The predicted molar refractivity (Wildman–Crippen MR) is 196 cm³/mol. The number of fused-ring (bicyclic) bond motifs is 8. The number of hydrogen-bond acceptors (Lipinski definition) is 1. The van der Waals surface area contributed by atoms with Gasteiger partial charge >= 0.3 is 0 Å². The number of para-hydroxylation sites is 2. The van der Waals surface area contributed by atoms with Crippen molar-refractivity contribution in [3.63, 3.8) is 0 Å². The summed E-state index contributed by atoms with van der Waals surface area (Å²) in [6.07, 6.45) is 0. The van der Waals surface area contributed by atoms with Crippen LogP contribution < -0.4 is 0 Å². The summed E-state index contributed by atoms with van der Waals surface area (Å²) in [6.45, 7) is 0. The maximum atomic E-state index is 6.73. The minimum Gasteiger partial charge on any atom is -0.439 e. The van der Waals surface area contributed by atoms with Crippen LogP contribution in [0, 0.1) is 0 Å². The van der Waals surface area contributed by atoms with Crippen LogP contribution in [-0.4, -0.2) is 9.13 Å². The molecule has 0 saturated heterocycles. The van der Waals surface area contributed by atoms with E-state index in [1.165, 1.54) is 49.4 Å². The Hall–Kier alpha value is -6.32. The third kappa shape index (κ3) is 3.93. The number of hydrogen-bond donors (Lipinski definition) is 0. The fourth-order valence-corrected chi connectivity index (χ4v) is 7.37. The summed E-state index contributed by atoms with van der Waals surface area (Å²) in [5, 5.41) is 5.96. The van der Waals surface area contributed by atoms with Gasteiger partial charge in [0.2, 0.25) is 5.71 Å². The van der Waals surface area contributed by atoms with Crippen molar-refractivity contribution in [2.75, 3.05) is 0 Å². The average molecular weight is 601 g/mol. The summed E-state index contributed by atoms with van der Waals surface area (Å²) < 4.78 is 11.4. The summed E-state index contributed by atoms with van der Waals surface area (Å²) in [6, 6.07) is 60.6. The molecule has 0 atom stereocenters. The van der Waals surface area contributed by atoms with E-state index in [4.69, 9.17) is 4.42 Å². The second-order valence-electron chi connectivity index (χ2n) is 12.2. The molecule has 0 radical (unpaired) electrons. The SMILES string of the molecule is c1ccc(-c2ccc3oc4c(c3c2)c2cc(-c3ccccc3)ccc2n4-c2ccc(-n3c4ccccc4c4ccccc43)cc2)cc1. The van der Waals surface area contributed by atoms with Gasteiger partial charge in [-0.1, -0.05) is 109 Å². The van der Waals surface area contributed by atoms with Gasteiger partial charge in [0.1, 0.15) is 5.58 Å². The molecule has 0 aliphatic carbocycles. The van der Waals surface area contributed by atoms with Crippen LogP contribution in [-0.2, 0) is 0 Å². The van der Waals surface area contributed by atoms with Gasteiger partial charge in [0.15, 0.2) is 0 Å². The molecule has 0 saturated carbocycles. The number of rotatable bonds is 4. The minimum absolute atomic E-state index is 0.857. The van der Waals surface area contributed by atoms with E-state index in [0.717, 1.165) is 39.0 Å². The lowest BCUT2D eigenvalue weighted by Crippen LogP contribution is -1.97. The molecule has 0 fully saturated rings. The summed E-state index contributed by atoms with van der Waals surface area (Å²) in [4.78, 5) is 0. The third-order valence-corrected chi connectivity index (χ3v) is 9.54. The first-order chi connectivity index (χ1) is 23.3. The highest BCUT2D eigenvalue weighted by Crippen LogP contribution is 2.42. The third-order valence-electron chi connectivity index (χ3n) is 9.54. The standard InChI is InChI=1S/C44H28N2O/c1-3-11-29(12-4-1)31-19-25-41-37(27-31)43-38-28-32(30-13-5-2-6-14-30)20-26-42(38)47-44(43)46(41)34-23-21-33(22-24-34)45-39-17-9-7-15-35(39)36-16-8-10-18-40(36)45/h1-28H. The first-order valence-electron chi connectivity index (χ1n) is 16.0. The van der Waals surface area contributed by atoms with Gasteiger partial charge < -0.3 is 8.98 Å². The number of aromatic nitrogens is 2. The predicted octanol–water partition coefficient (Wildman–Crippen LogP) is 12.0. The summed E-state index contributed by atoms with van der Waals surface area (Å²) in [5.74, 6) is 0. The first kappa shape index (κ1) is 26.0. The highest BCUT2D eigenvalue weighted by Gasteiger charge is 2.21. The van der Waals surface area contributed by atoms with E-state index in [1.54, 1.807) is 0 Å². The van der Waals surface area contributed by atoms with Gasteiger partial charge in [-0.2, -0.15) is 0 Å². The van der Waals surface area contributed by atoms with E-state index in [-0.39, 0.29) is 0 Å². The van der Waals surface area contributed by atoms with Crippen molar-refractivity contribution in [3.8, 4) is 33.6 Å². The quantitative estimate of drug-likeness (QED) is 0.197. The number of benzene rings is 7. The molecule has 10 rings (SSSR count). The lowest BCUT2D eigenvalue weighted by atomic mass is 10.0. The Balaban J connectivity index is 1.21. The molecule has 0 spiro atoms. The topological polar surface area (TPSA) is 23.0 Å².